The second-order valence-corrected chi connectivity index (χ2v) is 4.94. The number of rotatable bonds is 6. The van der Waals surface area contributed by atoms with Gasteiger partial charge in [-0.2, -0.15) is 11.3 Å². The number of aryl methyl sites for hydroxylation is 1. The number of ketones is 1. The molecule has 1 heterocycles. The van der Waals surface area contributed by atoms with Gasteiger partial charge in [0.15, 0.2) is 0 Å². The van der Waals surface area contributed by atoms with E-state index in [1.165, 1.54) is 5.56 Å². The maximum absolute atomic E-state index is 11.9. The molecular formula is C15H16O2S. The Bertz CT molecular complexity index is 503. The molecule has 94 valence electrons. The van der Waals surface area contributed by atoms with Crippen molar-refractivity contribution in [2.75, 3.05) is 7.11 Å². The van der Waals surface area contributed by atoms with Gasteiger partial charge in [0, 0.05) is 18.4 Å². The molecule has 2 rings (SSSR count). The highest BCUT2D eigenvalue weighted by Crippen LogP contribution is 2.19. The van der Waals surface area contributed by atoms with Crippen molar-refractivity contribution in [2.45, 2.75) is 19.3 Å². The largest absolute Gasteiger partial charge is 0.496 e. The fourth-order valence-electron chi connectivity index (χ4n) is 1.87. The first-order chi connectivity index (χ1) is 8.79. The van der Waals surface area contributed by atoms with E-state index in [2.05, 4.69) is 11.4 Å². The van der Waals surface area contributed by atoms with Crippen LogP contribution in [0.15, 0.2) is 41.1 Å². The van der Waals surface area contributed by atoms with Crippen LogP contribution in [-0.2, 0) is 17.6 Å². The van der Waals surface area contributed by atoms with Crippen LogP contribution in [0.3, 0.4) is 0 Å². The summed E-state index contributed by atoms with van der Waals surface area (Å²) >= 11 is 1.67. The van der Waals surface area contributed by atoms with E-state index in [4.69, 9.17) is 4.74 Å². The fourth-order valence-corrected chi connectivity index (χ4v) is 2.57. The van der Waals surface area contributed by atoms with Crippen LogP contribution in [-0.4, -0.2) is 12.9 Å². The zero-order valence-corrected chi connectivity index (χ0v) is 11.2. The minimum absolute atomic E-state index is 0.255. The molecule has 1 aromatic heterocycles. The maximum Gasteiger partial charge on any atom is 0.137 e. The summed E-state index contributed by atoms with van der Waals surface area (Å²) in [4.78, 5) is 11.9. The summed E-state index contributed by atoms with van der Waals surface area (Å²) in [6, 6.07) is 9.76. The molecule has 0 atom stereocenters. The van der Waals surface area contributed by atoms with Crippen molar-refractivity contribution in [1.82, 2.24) is 0 Å². The Morgan fingerprint density at radius 3 is 2.83 bits per heavy atom. The Morgan fingerprint density at radius 2 is 2.11 bits per heavy atom. The molecule has 0 aliphatic rings. The van der Waals surface area contributed by atoms with Crippen LogP contribution in [0, 0.1) is 0 Å². The molecule has 0 saturated heterocycles. The van der Waals surface area contributed by atoms with E-state index in [1.807, 2.05) is 29.6 Å². The van der Waals surface area contributed by atoms with Crippen LogP contribution in [0.2, 0.25) is 0 Å². The number of hydrogen-bond acceptors (Lipinski definition) is 3. The lowest BCUT2D eigenvalue weighted by Crippen LogP contribution is -2.05. The van der Waals surface area contributed by atoms with Crippen LogP contribution in [0.4, 0.5) is 0 Å². The maximum atomic E-state index is 11.9. The fraction of sp³-hybridized carbons (Fsp3) is 0.267. The van der Waals surface area contributed by atoms with Crippen molar-refractivity contribution in [3.8, 4) is 5.75 Å². The van der Waals surface area contributed by atoms with Gasteiger partial charge in [-0.1, -0.05) is 18.2 Å². The molecule has 0 aliphatic carbocycles. The standard InChI is InChI=1S/C15H16O2S/c1-17-15-5-3-2-4-13(15)10-14(16)7-6-12-8-9-18-11-12/h2-5,8-9,11H,6-7,10H2,1H3. The summed E-state index contributed by atoms with van der Waals surface area (Å²) in [6.45, 7) is 0. The molecule has 3 heteroatoms. The van der Waals surface area contributed by atoms with Crippen molar-refractivity contribution >= 4 is 17.1 Å². The molecule has 2 nitrogen and oxygen atoms in total. The van der Waals surface area contributed by atoms with Gasteiger partial charge < -0.3 is 4.74 Å². The predicted molar refractivity (Wildman–Crippen MR) is 74.3 cm³/mol. The Kier molecular flexibility index (Phi) is 4.53. The molecular weight excluding hydrogens is 244 g/mol. The van der Waals surface area contributed by atoms with Crippen molar-refractivity contribution in [3.63, 3.8) is 0 Å². The summed E-state index contributed by atoms with van der Waals surface area (Å²) in [5, 5.41) is 4.14. The molecule has 0 bridgehead atoms. The quantitative estimate of drug-likeness (QED) is 0.794. The molecule has 0 aliphatic heterocycles. The summed E-state index contributed by atoms with van der Waals surface area (Å²) < 4.78 is 5.25. The molecule has 0 saturated carbocycles. The number of carbonyl (C=O) groups is 1. The van der Waals surface area contributed by atoms with Gasteiger partial charge in [0.1, 0.15) is 11.5 Å². The number of thiophene rings is 1. The van der Waals surface area contributed by atoms with E-state index >= 15 is 0 Å². The van der Waals surface area contributed by atoms with Gasteiger partial charge >= 0.3 is 0 Å². The minimum atomic E-state index is 0.255. The highest BCUT2D eigenvalue weighted by molar-refractivity contribution is 7.07. The Balaban J connectivity index is 1.90. The number of ether oxygens (including phenoxy) is 1. The van der Waals surface area contributed by atoms with Gasteiger partial charge in [0.05, 0.1) is 7.11 Å². The lowest BCUT2D eigenvalue weighted by molar-refractivity contribution is -0.118. The van der Waals surface area contributed by atoms with E-state index in [0.717, 1.165) is 17.7 Å². The van der Waals surface area contributed by atoms with Crippen LogP contribution in [0.5, 0.6) is 5.75 Å². The number of Topliss-reactive ketones (excluding diaryl/α,β-unsaturated/α-hetero) is 1. The molecule has 0 amide bonds. The Hall–Kier alpha value is -1.61. The van der Waals surface area contributed by atoms with Gasteiger partial charge in [-0.05, 0) is 34.9 Å². The Labute approximate surface area is 111 Å². The topological polar surface area (TPSA) is 26.3 Å². The van der Waals surface area contributed by atoms with E-state index in [1.54, 1.807) is 18.4 Å². The van der Waals surface area contributed by atoms with Crippen LogP contribution in [0.1, 0.15) is 17.5 Å². The average Bonchev–Trinajstić information content (AvgIpc) is 2.90. The molecule has 0 fully saturated rings. The van der Waals surface area contributed by atoms with Crippen molar-refractivity contribution < 1.29 is 9.53 Å². The van der Waals surface area contributed by atoms with E-state index < -0.39 is 0 Å². The monoisotopic (exact) mass is 260 g/mol. The normalized spacial score (nSPS) is 10.3. The Morgan fingerprint density at radius 1 is 1.28 bits per heavy atom. The van der Waals surface area contributed by atoms with Crippen LogP contribution in [0.25, 0.3) is 0 Å². The van der Waals surface area contributed by atoms with Crippen molar-refractivity contribution in [2.24, 2.45) is 0 Å². The number of hydrogen-bond donors (Lipinski definition) is 0. The van der Waals surface area contributed by atoms with Gasteiger partial charge in [0.2, 0.25) is 0 Å². The average molecular weight is 260 g/mol. The lowest BCUT2D eigenvalue weighted by atomic mass is 10.0. The third kappa shape index (κ3) is 3.44. The van der Waals surface area contributed by atoms with Gasteiger partial charge in [0.25, 0.3) is 0 Å². The highest BCUT2D eigenvalue weighted by atomic mass is 32.1. The summed E-state index contributed by atoms with van der Waals surface area (Å²) in [5.41, 5.74) is 2.21. The number of methoxy groups -OCH3 is 1. The first-order valence-electron chi connectivity index (χ1n) is 5.94. The first kappa shape index (κ1) is 12.8. The predicted octanol–water partition coefficient (Wildman–Crippen LogP) is 3.50. The van der Waals surface area contributed by atoms with Crippen LogP contribution >= 0.6 is 11.3 Å². The van der Waals surface area contributed by atoms with Gasteiger partial charge in [-0.3, -0.25) is 4.79 Å². The number of benzene rings is 1. The second-order valence-electron chi connectivity index (χ2n) is 4.16. The summed E-state index contributed by atoms with van der Waals surface area (Å²) in [5.74, 6) is 1.05. The van der Waals surface area contributed by atoms with Crippen molar-refractivity contribution in [3.05, 3.63) is 52.2 Å². The molecule has 2 aromatic rings. The van der Waals surface area contributed by atoms with E-state index in [9.17, 15) is 4.79 Å². The summed E-state index contributed by atoms with van der Waals surface area (Å²) in [7, 11) is 1.63. The van der Waals surface area contributed by atoms with Crippen molar-refractivity contribution in [1.29, 1.82) is 0 Å². The number of para-hydroxylation sites is 1. The third-order valence-corrected chi connectivity index (χ3v) is 3.58. The van der Waals surface area contributed by atoms with E-state index in [-0.39, 0.29) is 5.78 Å². The first-order valence-corrected chi connectivity index (χ1v) is 6.88. The second kappa shape index (κ2) is 6.36. The molecule has 0 unspecified atom stereocenters. The SMILES string of the molecule is COc1ccccc1CC(=O)CCc1ccsc1. The van der Waals surface area contributed by atoms with Gasteiger partial charge in [-0.25, -0.2) is 0 Å². The zero-order chi connectivity index (χ0) is 12.8. The molecule has 1 aromatic carbocycles. The van der Waals surface area contributed by atoms with Crippen LogP contribution < -0.4 is 4.74 Å². The smallest absolute Gasteiger partial charge is 0.137 e. The molecule has 18 heavy (non-hydrogen) atoms. The third-order valence-electron chi connectivity index (χ3n) is 2.85. The number of carbonyl (C=O) groups excluding carboxylic acids is 1. The molecule has 0 spiro atoms. The molecule has 0 N–H and O–H groups in total. The minimum Gasteiger partial charge on any atom is -0.496 e. The van der Waals surface area contributed by atoms with E-state index in [0.29, 0.717) is 12.8 Å². The highest BCUT2D eigenvalue weighted by Gasteiger charge is 2.08. The summed E-state index contributed by atoms with van der Waals surface area (Å²) in [6.07, 6.45) is 1.88. The van der Waals surface area contributed by atoms with Gasteiger partial charge in [-0.15, -0.1) is 0 Å². The zero-order valence-electron chi connectivity index (χ0n) is 10.4. The molecule has 0 radical (unpaired) electrons. The lowest BCUT2D eigenvalue weighted by Gasteiger charge is -2.07.